The average molecular weight is 212 g/mol. The summed E-state index contributed by atoms with van der Waals surface area (Å²) in [6, 6.07) is 0.650. The van der Waals surface area contributed by atoms with Gasteiger partial charge in [-0.15, -0.1) is 0 Å². The van der Waals surface area contributed by atoms with Crippen molar-refractivity contribution in [3.8, 4) is 0 Å². The zero-order valence-electron chi connectivity index (χ0n) is 9.80. The van der Waals surface area contributed by atoms with Crippen molar-refractivity contribution in [3.05, 3.63) is 0 Å². The Morgan fingerprint density at radius 2 is 1.93 bits per heavy atom. The van der Waals surface area contributed by atoms with Crippen molar-refractivity contribution < 1.29 is 4.74 Å². The topological polar surface area (TPSA) is 47.3 Å². The molecule has 0 aromatic carbocycles. The van der Waals surface area contributed by atoms with Crippen LogP contribution in [-0.2, 0) is 4.74 Å². The molecule has 0 aromatic heterocycles. The van der Waals surface area contributed by atoms with Crippen molar-refractivity contribution in [2.75, 3.05) is 13.7 Å². The maximum absolute atomic E-state index is 6.36. The van der Waals surface area contributed by atoms with Crippen LogP contribution in [0.3, 0.4) is 0 Å². The van der Waals surface area contributed by atoms with Gasteiger partial charge in [-0.1, -0.05) is 19.3 Å². The van der Waals surface area contributed by atoms with Crippen molar-refractivity contribution >= 4 is 0 Å². The van der Waals surface area contributed by atoms with Gasteiger partial charge in [0.1, 0.15) is 0 Å². The summed E-state index contributed by atoms with van der Waals surface area (Å²) in [6.45, 7) is 0.994. The van der Waals surface area contributed by atoms with Crippen molar-refractivity contribution in [2.45, 2.75) is 62.6 Å². The molecule has 2 aliphatic rings. The molecular weight excluding hydrogens is 188 g/mol. The SMILES string of the molecule is COC1CC(NCC2(N)CCCCC2)C1. The van der Waals surface area contributed by atoms with E-state index in [0.29, 0.717) is 12.1 Å². The Bertz CT molecular complexity index is 196. The number of hydrogen-bond acceptors (Lipinski definition) is 3. The summed E-state index contributed by atoms with van der Waals surface area (Å²) in [6.07, 6.45) is 9.18. The minimum atomic E-state index is 0.0798. The van der Waals surface area contributed by atoms with Crippen molar-refractivity contribution in [1.29, 1.82) is 0 Å². The predicted molar refractivity (Wildman–Crippen MR) is 61.8 cm³/mol. The lowest BCUT2D eigenvalue weighted by atomic mass is 9.81. The van der Waals surface area contributed by atoms with E-state index < -0.39 is 0 Å². The number of rotatable bonds is 4. The van der Waals surface area contributed by atoms with Crippen LogP contribution in [0.25, 0.3) is 0 Å². The first kappa shape index (κ1) is 11.4. The lowest BCUT2D eigenvalue weighted by Crippen LogP contribution is -2.55. The molecule has 0 amide bonds. The van der Waals surface area contributed by atoms with E-state index >= 15 is 0 Å². The molecule has 3 heteroatoms. The number of methoxy groups -OCH3 is 1. The average Bonchev–Trinajstić information content (AvgIpc) is 2.17. The second-order valence-electron chi connectivity index (χ2n) is 5.33. The summed E-state index contributed by atoms with van der Waals surface area (Å²) in [4.78, 5) is 0. The molecule has 3 nitrogen and oxygen atoms in total. The Morgan fingerprint density at radius 1 is 1.27 bits per heavy atom. The fourth-order valence-corrected chi connectivity index (χ4v) is 2.71. The standard InChI is InChI=1S/C12H24N2O/c1-15-11-7-10(8-11)14-9-12(13)5-3-2-4-6-12/h10-11,14H,2-9,13H2,1H3. The van der Waals surface area contributed by atoms with E-state index in [1.807, 2.05) is 0 Å². The molecule has 0 aliphatic heterocycles. The van der Waals surface area contributed by atoms with E-state index in [9.17, 15) is 0 Å². The van der Waals surface area contributed by atoms with Crippen LogP contribution in [0.4, 0.5) is 0 Å². The highest BCUT2D eigenvalue weighted by molar-refractivity contribution is 4.93. The molecule has 0 saturated heterocycles. The minimum Gasteiger partial charge on any atom is -0.381 e. The fraction of sp³-hybridized carbons (Fsp3) is 1.00. The van der Waals surface area contributed by atoms with Crippen LogP contribution < -0.4 is 11.1 Å². The number of ether oxygens (including phenoxy) is 1. The van der Waals surface area contributed by atoms with Gasteiger partial charge in [-0.2, -0.15) is 0 Å². The van der Waals surface area contributed by atoms with E-state index in [1.165, 1.54) is 32.1 Å². The molecule has 15 heavy (non-hydrogen) atoms. The number of hydrogen-bond donors (Lipinski definition) is 2. The molecule has 0 radical (unpaired) electrons. The molecule has 2 aliphatic carbocycles. The van der Waals surface area contributed by atoms with E-state index in [-0.39, 0.29) is 5.54 Å². The quantitative estimate of drug-likeness (QED) is 0.741. The lowest BCUT2D eigenvalue weighted by Gasteiger charge is -2.39. The van der Waals surface area contributed by atoms with Crippen LogP contribution in [0.5, 0.6) is 0 Å². The monoisotopic (exact) mass is 212 g/mol. The van der Waals surface area contributed by atoms with Gasteiger partial charge in [-0.25, -0.2) is 0 Å². The Kier molecular flexibility index (Phi) is 3.65. The van der Waals surface area contributed by atoms with Crippen LogP contribution in [0.1, 0.15) is 44.9 Å². The third-order valence-corrected chi connectivity index (χ3v) is 4.02. The largest absolute Gasteiger partial charge is 0.381 e. The molecule has 3 N–H and O–H groups in total. The summed E-state index contributed by atoms with van der Waals surface area (Å²) >= 11 is 0. The number of nitrogens with two attached hydrogens (primary N) is 1. The van der Waals surface area contributed by atoms with Gasteiger partial charge < -0.3 is 15.8 Å². The van der Waals surface area contributed by atoms with Gasteiger partial charge in [0, 0.05) is 25.2 Å². The molecular formula is C12H24N2O. The molecule has 88 valence electrons. The van der Waals surface area contributed by atoms with Gasteiger partial charge in [0.2, 0.25) is 0 Å². The Balaban J connectivity index is 1.65. The van der Waals surface area contributed by atoms with Gasteiger partial charge >= 0.3 is 0 Å². The fourth-order valence-electron chi connectivity index (χ4n) is 2.71. The van der Waals surface area contributed by atoms with E-state index in [4.69, 9.17) is 10.5 Å². The van der Waals surface area contributed by atoms with Crippen LogP contribution in [0.15, 0.2) is 0 Å². The summed E-state index contributed by atoms with van der Waals surface area (Å²) in [5.41, 5.74) is 6.44. The second kappa shape index (κ2) is 4.81. The smallest absolute Gasteiger partial charge is 0.0601 e. The van der Waals surface area contributed by atoms with Crippen LogP contribution >= 0.6 is 0 Å². The number of nitrogens with one attached hydrogen (secondary N) is 1. The zero-order chi connectivity index (χ0) is 10.7. The summed E-state index contributed by atoms with van der Waals surface area (Å²) in [7, 11) is 1.80. The Morgan fingerprint density at radius 3 is 2.53 bits per heavy atom. The van der Waals surface area contributed by atoms with Gasteiger partial charge in [-0.05, 0) is 25.7 Å². The molecule has 0 bridgehead atoms. The molecule has 0 unspecified atom stereocenters. The first-order chi connectivity index (χ1) is 7.22. The first-order valence-electron chi connectivity index (χ1n) is 6.27. The third kappa shape index (κ3) is 2.92. The third-order valence-electron chi connectivity index (χ3n) is 4.02. The van der Waals surface area contributed by atoms with Crippen LogP contribution in [-0.4, -0.2) is 31.3 Å². The maximum atomic E-state index is 6.36. The van der Waals surface area contributed by atoms with Crippen LogP contribution in [0, 0.1) is 0 Å². The van der Waals surface area contributed by atoms with Gasteiger partial charge in [0.15, 0.2) is 0 Å². The van der Waals surface area contributed by atoms with E-state index in [0.717, 1.165) is 19.4 Å². The molecule has 2 rings (SSSR count). The summed E-state index contributed by atoms with van der Waals surface area (Å²) in [5, 5.41) is 3.59. The molecule has 0 heterocycles. The Hall–Kier alpha value is -0.120. The normalized spacial score (nSPS) is 34.8. The summed E-state index contributed by atoms with van der Waals surface area (Å²) in [5.74, 6) is 0. The predicted octanol–water partition coefficient (Wildman–Crippen LogP) is 1.41. The van der Waals surface area contributed by atoms with Gasteiger partial charge in [-0.3, -0.25) is 0 Å². The van der Waals surface area contributed by atoms with E-state index in [1.54, 1.807) is 7.11 Å². The zero-order valence-corrected chi connectivity index (χ0v) is 9.80. The highest BCUT2D eigenvalue weighted by atomic mass is 16.5. The second-order valence-corrected chi connectivity index (χ2v) is 5.33. The van der Waals surface area contributed by atoms with Gasteiger partial charge in [0.05, 0.1) is 6.10 Å². The molecule has 2 saturated carbocycles. The van der Waals surface area contributed by atoms with Crippen LogP contribution in [0.2, 0.25) is 0 Å². The molecule has 0 atom stereocenters. The first-order valence-corrected chi connectivity index (χ1v) is 6.27. The van der Waals surface area contributed by atoms with E-state index in [2.05, 4.69) is 5.32 Å². The maximum Gasteiger partial charge on any atom is 0.0601 e. The summed E-state index contributed by atoms with van der Waals surface area (Å²) < 4.78 is 5.26. The van der Waals surface area contributed by atoms with Gasteiger partial charge in [0.25, 0.3) is 0 Å². The van der Waals surface area contributed by atoms with Crippen molar-refractivity contribution in [1.82, 2.24) is 5.32 Å². The highest BCUT2D eigenvalue weighted by Gasteiger charge is 2.32. The molecule has 0 aromatic rings. The lowest BCUT2D eigenvalue weighted by molar-refractivity contribution is 0.0153. The molecule has 0 spiro atoms. The van der Waals surface area contributed by atoms with Crippen molar-refractivity contribution in [3.63, 3.8) is 0 Å². The van der Waals surface area contributed by atoms with Crippen molar-refractivity contribution in [2.24, 2.45) is 5.73 Å². The highest BCUT2D eigenvalue weighted by Crippen LogP contribution is 2.27. The molecule has 2 fully saturated rings. The Labute approximate surface area is 92.7 Å². The minimum absolute atomic E-state index is 0.0798.